The number of rotatable bonds is 2. The first-order valence-electron chi connectivity index (χ1n) is 5.76. The van der Waals surface area contributed by atoms with Crippen LogP contribution in [0.1, 0.15) is 28.8 Å². The molecule has 0 unspecified atom stereocenters. The van der Waals surface area contributed by atoms with Crippen LogP contribution in [0.15, 0.2) is 24.3 Å². The van der Waals surface area contributed by atoms with E-state index in [9.17, 15) is 9.59 Å². The highest BCUT2D eigenvalue weighted by atomic mass is 16.2. The average Bonchev–Trinajstić information content (AvgIpc) is 2.78. The van der Waals surface area contributed by atoms with E-state index in [1.165, 1.54) is 0 Å². The summed E-state index contributed by atoms with van der Waals surface area (Å²) >= 11 is 0. The monoisotopic (exact) mass is 232 g/mol. The number of nitrogens with zero attached hydrogens (tertiary/aromatic N) is 1. The van der Waals surface area contributed by atoms with Gasteiger partial charge >= 0.3 is 0 Å². The van der Waals surface area contributed by atoms with E-state index in [4.69, 9.17) is 5.73 Å². The summed E-state index contributed by atoms with van der Waals surface area (Å²) in [6.45, 7) is 2.58. The molecule has 1 aliphatic rings. The maximum absolute atomic E-state index is 12.2. The summed E-state index contributed by atoms with van der Waals surface area (Å²) in [7, 11) is 0. The van der Waals surface area contributed by atoms with E-state index in [0.29, 0.717) is 18.5 Å². The van der Waals surface area contributed by atoms with Gasteiger partial charge in [0.15, 0.2) is 0 Å². The van der Waals surface area contributed by atoms with E-state index in [2.05, 4.69) is 0 Å². The number of hydrogen-bond acceptors (Lipinski definition) is 2. The first-order chi connectivity index (χ1) is 8.09. The summed E-state index contributed by atoms with van der Waals surface area (Å²) in [5, 5.41) is 0. The predicted octanol–water partition coefficient (Wildman–Crippen LogP) is 1.08. The number of hydrogen-bond donors (Lipinski definition) is 1. The van der Waals surface area contributed by atoms with E-state index < -0.39 is 11.9 Å². The van der Waals surface area contributed by atoms with Crippen molar-refractivity contribution in [1.82, 2.24) is 4.90 Å². The largest absolute Gasteiger partial charge is 0.368 e. The van der Waals surface area contributed by atoms with Gasteiger partial charge in [-0.25, -0.2) is 0 Å². The summed E-state index contributed by atoms with van der Waals surface area (Å²) < 4.78 is 0. The molecule has 17 heavy (non-hydrogen) atoms. The lowest BCUT2D eigenvalue weighted by Gasteiger charge is -2.22. The number of benzene rings is 1. The van der Waals surface area contributed by atoms with Crippen LogP contribution in [-0.2, 0) is 4.79 Å². The molecule has 1 aliphatic heterocycles. The third-order valence-corrected chi connectivity index (χ3v) is 3.14. The Balaban J connectivity index is 2.19. The minimum atomic E-state index is -0.441. The lowest BCUT2D eigenvalue weighted by Crippen LogP contribution is -2.43. The molecule has 0 saturated carbocycles. The summed E-state index contributed by atoms with van der Waals surface area (Å²) in [6.07, 6.45) is 1.51. The van der Waals surface area contributed by atoms with Crippen molar-refractivity contribution in [3.8, 4) is 0 Å². The van der Waals surface area contributed by atoms with Gasteiger partial charge < -0.3 is 10.6 Å². The van der Waals surface area contributed by atoms with E-state index in [1.807, 2.05) is 19.1 Å². The minimum absolute atomic E-state index is 0.105. The van der Waals surface area contributed by atoms with Gasteiger partial charge in [-0.1, -0.05) is 17.7 Å². The molecule has 1 atom stereocenters. The Morgan fingerprint density at radius 3 is 2.53 bits per heavy atom. The molecule has 1 saturated heterocycles. The van der Waals surface area contributed by atoms with Crippen LogP contribution >= 0.6 is 0 Å². The number of likely N-dealkylation sites (tertiary alicyclic amines) is 1. The van der Waals surface area contributed by atoms with Crippen molar-refractivity contribution in [2.75, 3.05) is 6.54 Å². The van der Waals surface area contributed by atoms with E-state index in [-0.39, 0.29) is 5.91 Å². The van der Waals surface area contributed by atoms with Gasteiger partial charge in [-0.15, -0.1) is 0 Å². The van der Waals surface area contributed by atoms with E-state index in [1.54, 1.807) is 17.0 Å². The number of nitrogens with two attached hydrogens (primary N) is 1. The number of carbonyl (C=O) groups is 2. The van der Waals surface area contributed by atoms with E-state index >= 15 is 0 Å². The second-order valence-electron chi connectivity index (χ2n) is 4.42. The van der Waals surface area contributed by atoms with Crippen molar-refractivity contribution in [1.29, 1.82) is 0 Å². The molecule has 90 valence electrons. The third-order valence-electron chi connectivity index (χ3n) is 3.14. The number of amides is 2. The Kier molecular flexibility index (Phi) is 3.13. The van der Waals surface area contributed by atoms with Gasteiger partial charge in [0.25, 0.3) is 5.91 Å². The lowest BCUT2D eigenvalue weighted by atomic mass is 10.1. The van der Waals surface area contributed by atoms with Gasteiger partial charge in [0, 0.05) is 12.1 Å². The summed E-state index contributed by atoms with van der Waals surface area (Å²) in [6, 6.07) is 6.91. The van der Waals surface area contributed by atoms with Crippen LogP contribution < -0.4 is 5.73 Å². The van der Waals surface area contributed by atoms with Crippen LogP contribution in [0.25, 0.3) is 0 Å². The van der Waals surface area contributed by atoms with E-state index in [0.717, 1.165) is 12.0 Å². The zero-order valence-corrected chi connectivity index (χ0v) is 9.85. The fourth-order valence-corrected chi connectivity index (χ4v) is 2.17. The zero-order valence-electron chi connectivity index (χ0n) is 9.85. The molecule has 1 heterocycles. The number of primary amides is 1. The van der Waals surface area contributed by atoms with Crippen molar-refractivity contribution in [3.63, 3.8) is 0 Å². The Morgan fingerprint density at radius 2 is 1.94 bits per heavy atom. The Hall–Kier alpha value is -1.84. The minimum Gasteiger partial charge on any atom is -0.368 e. The summed E-state index contributed by atoms with van der Waals surface area (Å²) in [4.78, 5) is 25.0. The SMILES string of the molecule is Cc1ccc(C(=O)N2CCC[C@H]2C(N)=O)cc1. The molecule has 1 aromatic carbocycles. The molecule has 0 bridgehead atoms. The fraction of sp³-hybridized carbons (Fsp3) is 0.385. The normalized spacial score (nSPS) is 19.4. The molecule has 0 aromatic heterocycles. The molecule has 4 nitrogen and oxygen atoms in total. The number of aryl methyl sites for hydroxylation is 1. The molecule has 1 aromatic rings. The number of carbonyl (C=O) groups excluding carboxylic acids is 2. The Bertz CT molecular complexity index is 439. The van der Waals surface area contributed by atoms with Crippen LogP contribution in [-0.4, -0.2) is 29.3 Å². The first kappa shape index (κ1) is 11.6. The van der Waals surface area contributed by atoms with Crippen LogP contribution in [0.4, 0.5) is 0 Å². The maximum Gasteiger partial charge on any atom is 0.254 e. The molecule has 2 rings (SSSR count). The summed E-state index contributed by atoms with van der Waals surface area (Å²) in [5.41, 5.74) is 7.02. The van der Waals surface area contributed by atoms with Crippen LogP contribution in [0, 0.1) is 6.92 Å². The smallest absolute Gasteiger partial charge is 0.254 e. The molecule has 0 spiro atoms. The second-order valence-corrected chi connectivity index (χ2v) is 4.42. The molecule has 2 N–H and O–H groups in total. The fourth-order valence-electron chi connectivity index (χ4n) is 2.17. The predicted molar refractivity (Wildman–Crippen MR) is 64.4 cm³/mol. The molecule has 0 aliphatic carbocycles. The molecule has 0 radical (unpaired) electrons. The van der Waals surface area contributed by atoms with Gasteiger partial charge in [0.1, 0.15) is 6.04 Å². The zero-order chi connectivity index (χ0) is 12.4. The van der Waals surface area contributed by atoms with Crippen LogP contribution in [0.2, 0.25) is 0 Å². The molecular weight excluding hydrogens is 216 g/mol. The first-order valence-corrected chi connectivity index (χ1v) is 5.76. The maximum atomic E-state index is 12.2. The van der Waals surface area contributed by atoms with Gasteiger partial charge in [-0.2, -0.15) is 0 Å². The standard InChI is InChI=1S/C13H16N2O2/c1-9-4-6-10(7-5-9)13(17)15-8-2-3-11(15)12(14)16/h4-7,11H,2-3,8H2,1H3,(H2,14,16)/t11-/m0/s1. The Morgan fingerprint density at radius 1 is 1.29 bits per heavy atom. The van der Waals surface area contributed by atoms with Gasteiger partial charge in [0.05, 0.1) is 0 Å². The highest BCUT2D eigenvalue weighted by Crippen LogP contribution is 2.20. The average molecular weight is 232 g/mol. The molecule has 1 fully saturated rings. The Labute approximate surface area is 100 Å². The third kappa shape index (κ3) is 2.30. The highest BCUT2D eigenvalue weighted by Gasteiger charge is 2.32. The second kappa shape index (κ2) is 4.57. The van der Waals surface area contributed by atoms with Gasteiger partial charge in [-0.3, -0.25) is 9.59 Å². The molecule has 4 heteroatoms. The van der Waals surface area contributed by atoms with Crippen molar-refractivity contribution in [2.24, 2.45) is 5.73 Å². The quantitative estimate of drug-likeness (QED) is 0.829. The van der Waals surface area contributed by atoms with Crippen LogP contribution in [0.5, 0.6) is 0 Å². The van der Waals surface area contributed by atoms with Crippen molar-refractivity contribution >= 4 is 11.8 Å². The molecular formula is C13H16N2O2. The van der Waals surface area contributed by atoms with Crippen molar-refractivity contribution in [2.45, 2.75) is 25.8 Å². The van der Waals surface area contributed by atoms with Crippen molar-refractivity contribution in [3.05, 3.63) is 35.4 Å². The summed E-state index contributed by atoms with van der Waals surface area (Å²) in [5.74, 6) is -0.519. The lowest BCUT2D eigenvalue weighted by molar-refractivity contribution is -0.121. The molecule has 2 amide bonds. The highest BCUT2D eigenvalue weighted by molar-refractivity contribution is 5.97. The van der Waals surface area contributed by atoms with Crippen molar-refractivity contribution < 1.29 is 9.59 Å². The van der Waals surface area contributed by atoms with Crippen LogP contribution in [0.3, 0.4) is 0 Å². The topological polar surface area (TPSA) is 63.4 Å². The van der Waals surface area contributed by atoms with Gasteiger partial charge in [0.2, 0.25) is 5.91 Å². The van der Waals surface area contributed by atoms with Gasteiger partial charge in [-0.05, 0) is 31.9 Å².